The maximum absolute atomic E-state index is 12.9. The third-order valence-electron chi connectivity index (χ3n) is 4.00. The van der Waals surface area contributed by atoms with Crippen molar-refractivity contribution in [1.82, 2.24) is 13.3 Å². The topological polar surface area (TPSA) is 117 Å². The molecule has 0 amide bonds. The molecule has 2 N–H and O–H groups in total. The number of imidazole rings is 1. The van der Waals surface area contributed by atoms with Gasteiger partial charge in [0.1, 0.15) is 5.60 Å². The van der Waals surface area contributed by atoms with Crippen LogP contribution in [0.5, 0.6) is 0 Å². The lowest BCUT2D eigenvalue weighted by Gasteiger charge is -2.26. The molecule has 0 radical (unpaired) electrons. The standard InChI is InChI=1S/C17H24N4O5S/c1-17(2,3)26-15(22)11-12-4-5-14-13(10-12)19-16(18)21(14)27(23,24)20-6-8-25-9-7-20/h4-5,10H,6-9,11H2,1-3H3,(H2,18,19). The van der Waals surface area contributed by atoms with Gasteiger partial charge in [0.05, 0.1) is 30.7 Å². The summed E-state index contributed by atoms with van der Waals surface area (Å²) in [5.41, 5.74) is 6.78. The molecule has 0 atom stereocenters. The van der Waals surface area contributed by atoms with E-state index >= 15 is 0 Å². The molecule has 0 unspecified atom stereocenters. The van der Waals surface area contributed by atoms with E-state index in [1.54, 1.807) is 39.0 Å². The van der Waals surface area contributed by atoms with Crippen molar-refractivity contribution in [3.63, 3.8) is 0 Å². The van der Waals surface area contributed by atoms with Crippen LogP contribution in [0.15, 0.2) is 18.2 Å². The second-order valence-corrected chi connectivity index (χ2v) is 9.12. The number of benzene rings is 1. The minimum atomic E-state index is -3.85. The number of hydrogen-bond donors (Lipinski definition) is 1. The summed E-state index contributed by atoms with van der Waals surface area (Å²) in [4.78, 5) is 16.2. The molecule has 1 fully saturated rings. The number of rotatable bonds is 4. The van der Waals surface area contributed by atoms with E-state index < -0.39 is 15.8 Å². The minimum absolute atomic E-state index is 0.0657. The Bertz CT molecular complexity index is 956. The van der Waals surface area contributed by atoms with Gasteiger partial charge in [0.25, 0.3) is 0 Å². The molecule has 2 heterocycles. The van der Waals surface area contributed by atoms with Crippen LogP contribution in [0.2, 0.25) is 0 Å². The molecule has 0 aliphatic carbocycles. The summed E-state index contributed by atoms with van der Waals surface area (Å²) in [5.74, 6) is -0.485. The number of morpholine rings is 1. The molecular formula is C17H24N4O5S. The summed E-state index contributed by atoms with van der Waals surface area (Å²) in [6.07, 6.45) is 0.0657. The molecule has 27 heavy (non-hydrogen) atoms. The lowest BCUT2D eigenvalue weighted by Crippen LogP contribution is -2.43. The SMILES string of the molecule is CC(C)(C)OC(=O)Cc1ccc2c(c1)nc(N)n2S(=O)(=O)N1CCOCC1. The Morgan fingerprint density at radius 1 is 1.30 bits per heavy atom. The van der Waals surface area contributed by atoms with Crippen LogP contribution in [0.25, 0.3) is 11.0 Å². The zero-order valence-electron chi connectivity index (χ0n) is 15.6. The number of nitrogens with zero attached hydrogens (tertiary/aromatic N) is 3. The Balaban J connectivity index is 1.91. The average molecular weight is 396 g/mol. The van der Waals surface area contributed by atoms with Crippen LogP contribution in [0.1, 0.15) is 26.3 Å². The van der Waals surface area contributed by atoms with Crippen molar-refractivity contribution >= 4 is 33.2 Å². The maximum atomic E-state index is 12.9. The fourth-order valence-corrected chi connectivity index (χ4v) is 4.43. The van der Waals surface area contributed by atoms with Crippen LogP contribution in [0, 0.1) is 0 Å². The predicted molar refractivity (Wildman–Crippen MR) is 100 cm³/mol. The van der Waals surface area contributed by atoms with Gasteiger partial charge in [-0.2, -0.15) is 16.7 Å². The molecule has 1 saturated heterocycles. The van der Waals surface area contributed by atoms with E-state index in [0.29, 0.717) is 29.8 Å². The molecule has 9 nitrogen and oxygen atoms in total. The number of anilines is 1. The van der Waals surface area contributed by atoms with E-state index in [9.17, 15) is 13.2 Å². The van der Waals surface area contributed by atoms with Crippen molar-refractivity contribution in [2.45, 2.75) is 32.8 Å². The van der Waals surface area contributed by atoms with E-state index in [0.717, 1.165) is 3.97 Å². The van der Waals surface area contributed by atoms with Gasteiger partial charge in [-0.15, -0.1) is 0 Å². The molecule has 0 bridgehead atoms. The van der Waals surface area contributed by atoms with E-state index in [2.05, 4.69) is 4.98 Å². The predicted octanol–water partition coefficient (Wildman–Crippen LogP) is 0.928. The van der Waals surface area contributed by atoms with Crippen molar-refractivity contribution in [3.8, 4) is 0 Å². The minimum Gasteiger partial charge on any atom is -0.460 e. The molecular weight excluding hydrogens is 372 g/mol. The highest BCUT2D eigenvalue weighted by Crippen LogP contribution is 2.24. The largest absolute Gasteiger partial charge is 0.460 e. The van der Waals surface area contributed by atoms with Gasteiger partial charge in [0, 0.05) is 13.1 Å². The maximum Gasteiger partial charge on any atom is 0.311 e. The quantitative estimate of drug-likeness (QED) is 0.764. The van der Waals surface area contributed by atoms with E-state index in [-0.39, 0.29) is 31.4 Å². The van der Waals surface area contributed by atoms with E-state index in [4.69, 9.17) is 15.2 Å². The number of hydrogen-bond acceptors (Lipinski definition) is 7. The van der Waals surface area contributed by atoms with Gasteiger partial charge in [-0.3, -0.25) is 4.79 Å². The van der Waals surface area contributed by atoms with Gasteiger partial charge in [-0.1, -0.05) is 6.07 Å². The number of ether oxygens (including phenoxy) is 2. The molecule has 1 aliphatic heterocycles. The third-order valence-corrected chi connectivity index (χ3v) is 5.86. The fourth-order valence-electron chi connectivity index (χ4n) is 2.91. The van der Waals surface area contributed by atoms with Gasteiger partial charge in [-0.05, 0) is 38.5 Å². The second-order valence-electron chi connectivity index (χ2n) is 7.34. The van der Waals surface area contributed by atoms with Crippen molar-refractivity contribution in [1.29, 1.82) is 0 Å². The summed E-state index contributed by atoms with van der Waals surface area (Å²) in [6, 6.07) is 4.94. The molecule has 1 aliphatic rings. The van der Waals surface area contributed by atoms with Crippen molar-refractivity contribution in [2.75, 3.05) is 32.0 Å². The molecule has 1 aromatic carbocycles. The van der Waals surface area contributed by atoms with Crippen molar-refractivity contribution in [2.24, 2.45) is 0 Å². The normalized spacial score (nSPS) is 16.6. The number of nitrogen functional groups attached to an aromatic ring is 1. The zero-order valence-corrected chi connectivity index (χ0v) is 16.5. The van der Waals surface area contributed by atoms with Gasteiger partial charge >= 0.3 is 16.2 Å². The smallest absolute Gasteiger partial charge is 0.311 e. The van der Waals surface area contributed by atoms with Gasteiger partial charge < -0.3 is 15.2 Å². The Hall–Kier alpha value is -2.17. The number of aromatic nitrogens is 2. The third kappa shape index (κ3) is 4.23. The van der Waals surface area contributed by atoms with Crippen LogP contribution in [0.4, 0.5) is 5.95 Å². The number of carbonyl (C=O) groups excluding carboxylic acids is 1. The van der Waals surface area contributed by atoms with Crippen LogP contribution in [0.3, 0.4) is 0 Å². The van der Waals surface area contributed by atoms with Crippen molar-refractivity contribution in [3.05, 3.63) is 23.8 Å². The summed E-state index contributed by atoms with van der Waals surface area (Å²) < 4.78 is 38.8. The first-order chi connectivity index (χ1) is 12.6. The monoisotopic (exact) mass is 396 g/mol. The molecule has 3 rings (SSSR count). The van der Waals surface area contributed by atoms with E-state index in [1.165, 1.54) is 4.31 Å². The van der Waals surface area contributed by atoms with E-state index in [1.807, 2.05) is 0 Å². The second kappa shape index (κ2) is 7.10. The zero-order chi connectivity index (χ0) is 19.8. The first-order valence-electron chi connectivity index (χ1n) is 8.65. The fraction of sp³-hybridized carbons (Fsp3) is 0.529. The number of fused-ring (bicyclic) bond motifs is 1. The van der Waals surface area contributed by atoms with Gasteiger partial charge in [0.15, 0.2) is 0 Å². The number of esters is 1. The molecule has 10 heteroatoms. The van der Waals surface area contributed by atoms with Gasteiger partial charge in [-0.25, -0.2) is 4.98 Å². The Kier molecular flexibility index (Phi) is 5.15. The number of nitrogens with two attached hydrogens (primary N) is 1. The Morgan fingerprint density at radius 3 is 2.59 bits per heavy atom. The highest BCUT2D eigenvalue weighted by molar-refractivity contribution is 7.87. The Morgan fingerprint density at radius 2 is 1.96 bits per heavy atom. The summed E-state index contributed by atoms with van der Waals surface area (Å²) in [5, 5.41) is 0. The lowest BCUT2D eigenvalue weighted by atomic mass is 10.1. The average Bonchev–Trinajstić information content (AvgIpc) is 2.89. The molecule has 0 saturated carbocycles. The number of carbonyl (C=O) groups is 1. The van der Waals surface area contributed by atoms with Gasteiger partial charge in [0.2, 0.25) is 5.95 Å². The van der Waals surface area contributed by atoms with Crippen LogP contribution >= 0.6 is 0 Å². The molecule has 2 aromatic rings. The van der Waals surface area contributed by atoms with Crippen LogP contribution in [-0.4, -0.2) is 59.6 Å². The summed E-state index contributed by atoms with van der Waals surface area (Å²) in [6.45, 7) is 6.60. The van der Waals surface area contributed by atoms with Crippen LogP contribution < -0.4 is 5.73 Å². The van der Waals surface area contributed by atoms with Crippen LogP contribution in [-0.2, 0) is 30.9 Å². The van der Waals surface area contributed by atoms with Crippen molar-refractivity contribution < 1.29 is 22.7 Å². The lowest BCUT2D eigenvalue weighted by molar-refractivity contribution is -0.153. The summed E-state index contributed by atoms with van der Waals surface area (Å²) >= 11 is 0. The first kappa shape index (κ1) is 19.6. The first-order valence-corrected chi connectivity index (χ1v) is 10.0. The Labute approximate surface area is 158 Å². The summed E-state index contributed by atoms with van der Waals surface area (Å²) in [7, 11) is -3.85. The highest BCUT2D eigenvalue weighted by Gasteiger charge is 2.29. The molecule has 1 aromatic heterocycles. The highest BCUT2D eigenvalue weighted by atomic mass is 32.2. The molecule has 148 valence electrons. The molecule has 0 spiro atoms.